The number of nitrogens with two attached hydrogens (primary N) is 1. The number of carboxylic acid groups (broad SMARTS) is 1. The van der Waals surface area contributed by atoms with Crippen molar-refractivity contribution in [2.45, 2.75) is 6.04 Å². The van der Waals surface area contributed by atoms with Crippen LogP contribution in [0, 0.1) is 0 Å². The molecule has 15 heavy (non-hydrogen) atoms. The van der Waals surface area contributed by atoms with Crippen LogP contribution in [0.5, 0.6) is 17.2 Å². The highest BCUT2D eigenvalue weighted by molar-refractivity contribution is 5.76. The molecule has 0 saturated carbocycles. The molecule has 0 bridgehead atoms. The van der Waals surface area contributed by atoms with E-state index >= 15 is 0 Å². The highest BCUT2D eigenvalue weighted by atomic mass is 16.5. The van der Waals surface area contributed by atoms with Gasteiger partial charge in [0.25, 0.3) is 0 Å². The predicted molar refractivity (Wildman–Crippen MR) is 50.9 cm³/mol. The van der Waals surface area contributed by atoms with Crippen molar-refractivity contribution < 1.29 is 24.9 Å². The van der Waals surface area contributed by atoms with E-state index in [1.807, 2.05) is 0 Å². The molecule has 82 valence electrons. The molecule has 0 unspecified atom stereocenters. The van der Waals surface area contributed by atoms with E-state index in [1.165, 1.54) is 13.2 Å². The van der Waals surface area contributed by atoms with Crippen molar-refractivity contribution in [1.82, 2.24) is 0 Å². The molecular weight excluding hydrogens is 202 g/mol. The smallest absolute Gasteiger partial charge is 0.325 e. The van der Waals surface area contributed by atoms with Crippen molar-refractivity contribution in [3.05, 3.63) is 17.7 Å². The molecule has 0 amide bonds. The summed E-state index contributed by atoms with van der Waals surface area (Å²) in [5.41, 5.74) is 5.48. The zero-order valence-corrected chi connectivity index (χ0v) is 7.97. The third kappa shape index (κ3) is 2.10. The predicted octanol–water partition coefficient (Wildman–Crippen LogP) is 0.191. The second-order valence-electron chi connectivity index (χ2n) is 2.91. The highest BCUT2D eigenvalue weighted by Crippen LogP contribution is 2.37. The minimum Gasteiger partial charge on any atom is -0.504 e. The summed E-state index contributed by atoms with van der Waals surface area (Å²) < 4.78 is 4.74. The fourth-order valence-corrected chi connectivity index (χ4v) is 1.09. The molecule has 5 N–H and O–H groups in total. The number of phenolic OH excluding ortho intramolecular Hbond substituents is 2. The van der Waals surface area contributed by atoms with Gasteiger partial charge in [-0.05, 0) is 17.7 Å². The number of aromatic hydroxyl groups is 2. The van der Waals surface area contributed by atoms with Gasteiger partial charge >= 0.3 is 5.97 Å². The first-order valence-corrected chi connectivity index (χ1v) is 4.05. The number of ether oxygens (including phenoxy) is 1. The summed E-state index contributed by atoms with van der Waals surface area (Å²) in [5.74, 6) is -2.18. The monoisotopic (exact) mass is 213 g/mol. The molecule has 1 aromatic carbocycles. The summed E-state index contributed by atoms with van der Waals surface area (Å²) in [5, 5.41) is 27.2. The zero-order valence-electron chi connectivity index (χ0n) is 7.97. The van der Waals surface area contributed by atoms with E-state index in [4.69, 9.17) is 15.6 Å². The van der Waals surface area contributed by atoms with Crippen LogP contribution >= 0.6 is 0 Å². The van der Waals surface area contributed by atoms with Crippen LogP contribution in [0.3, 0.4) is 0 Å². The average molecular weight is 213 g/mol. The topological polar surface area (TPSA) is 113 Å². The first-order valence-electron chi connectivity index (χ1n) is 4.05. The number of hydrogen-bond acceptors (Lipinski definition) is 5. The Labute approximate surface area is 85.5 Å². The highest BCUT2D eigenvalue weighted by Gasteiger charge is 2.18. The van der Waals surface area contributed by atoms with Crippen molar-refractivity contribution in [1.29, 1.82) is 0 Å². The third-order valence-electron chi connectivity index (χ3n) is 1.92. The minimum atomic E-state index is -1.27. The van der Waals surface area contributed by atoms with Crippen molar-refractivity contribution in [3.8, 4) is 17.2 Å². The molecule has 0 aromatic heterocycles. The summed E-state index contributed by atoms with van der Waals surface area (Å²) >= 11 is 0. The van der Waals surface area contributed by atoms with Crippen molar-refractivity contribution >= 4 is 5.97 Å². The Morgan fingerprint density at radius 3 is 2.53 bits per heavy atom. The van der Waals surface area contributed by atoms with Gasteiger partial charge < -0.3 is 25.8 Å². The van der Waals surface area contributed by atoms with Gasteiger partial charge in [0.1, 0.15) is 6.04 Å². The lowest BCUT2D eigenvalue weighted by Gasteiger charge is -2.11. The molecule has 0 saturated heterocycles. The molecule has 0 aliphatic heterocycles. The number of carboxylic acids is 1. The Bertz CT molecular complexity index is 390. The van der Waals surface area contributed by atoms with E-state index in [0.717, 1.165) is 6.07 Å². The second-order valence-corrected chi connectivity index (χ2v) is 2.91. The van der Waals surface area contributed by atoms with Gasteiger partial charge in [-0.25, -0.2) is 0 Å². The molecular formula is C9H11NO5. The van der Waals surface area contributed by atoms with E-state index in [9.17, 15) is 15.0 Å². The fourth-order valence-electron chi connectivity index (χ4n) is 1.09. The summed E-state index contributed by atoms with van der Waals surface area (Å²) in [6.07, 6.45) is 0. The zero-order chi connectivity index (χ0) is 11.6. The van der Waals surface area contributed by atoms with Crippen LogP contribution in [-0.2, 0) is 4.79 Å². The van der Waals surface area contributed by atoms with Crippen LogP contribution in [0.15, 0.2) is 12.1 Å². The number of methoxy groups -OCH3 is 1. The molecule has 6 nitrogen and oxygen atoms in total. The van der Waals surface area contributed by atoms with Gasteiger partial charge in [0, 0.05) is 0 Å². The molecule has 1 aromatic rings. The summed E-state index contributed by atoms with van der Waals surface area (Å²) in [6.45, 7) is 0. The largest absolute Gasteiger partial charge is 0.504 e. The van der Waals surface area contributed by atoms with E-state index < -0.39 is 23.5 Å². The molecule has 6 heteroatoms. The number of hydrogen-bond donors (Lipinski definition) is 4. The Morgan fingerprint density at radius 1 is 1.47 bits per heavy atom. The Kier molecular flexibility index (Phi) is 3.01. The second kappa shape index (κ2) is 4.05. The van der Waals surface area contributed by atoms with Gasteiger partial charge in [0.2, 0.25) is 5.75 Å². The number of aliphatic carboxylic acids is 1. The standard InChI is InChI=1S/C9H11NO5/c1-15-6-3-4(7(10)9(13)14)2-5(11)8(6)12/h2-3,7,11-12H,10H2,1H3,(H,13,14)/t7-/m0/s1. The number of benzene rings is 1. The normalized spacial score (nSPS) is 12.1. The van der Waals surface area contributed by atoms with E-state index in [2.05, 4.69) is 0 Å². The molecule has 0 aliphatic carbocycles. The van der Waals surface area contributed by atoms with Crippen molar-refractivity contribution in [2.75, 3.05) is 7.11 Å². The van der Waals surface area contributed by atoms with Gasteiger partial charge in [-0.1, -0.05) is 0 Å². The van der Waals surface area contributed by atoms with Gasteiger partial charge in [-0.2, -0.15) is 0 Å². The van der Waals surface area contributed by atoms with E-state index in [1.54, 1.807) is 0 Å². The first kappa shape index (κ1) is 11.1. The van der Waals surface area contributed by atoms with Crippen molar-refractivity contribution in [3.63, 3.8) is 0 Å². The van der Waals surface area contributed by atoms with Gasteiger partial charge in [-0.3, -0.25) is 4.79 Å². The van der Waals surface area contributed by atoms with Gasteiger partial charge in [-0.15, -0.1) is 0 Å². The van der Waals surface area contributed by atoms with E-state index in [-0.39, 0.29) is 11.3 Å². The number of rotatable bonds is 3. The number of phenols is 2. The number of carbonyl (C=O) groups is 1. The molecule has 0 fully saturated rings. The molecule has 0 aliphatic rings. The van der Waals surface area contributed by atoms with Gasteiger partial charge in [0.15, 0.2) is 11.5 Å². The van der Waals surface area contributed by atoms with Crippen LogP contribution in [-0.4, -0.2) is 28.4 Å². The third-order valence-corrected chi connectivity index (χ3v) is 1.92. The molecule has 0 heterocycles. The van der Waals surface area contributed by atoms with Crippen LogP contribution in [0.1, 0.15) is 11.6 Å². The maximum Gasteiger partial charge on any atom is 0.325 e. The SMILES string of the molecule is COc1cc([C@H](N)C(=O)O)cc(O)c1O. The lowest BCUT2D eigenvalue weighted by Crippen LogP contribution is -2.20. The molecule has 0 radical (unpaired) electrons. The molecule has 1 atom stereocenters. The fraction of sp³-hybridized carbons (Fsp3) is 0.222. The first-order chi connectivity index (χ1) is 6.97. The average Bonchev–Trinajstić information content (AvgIpc) is 2.20. The van der Waals surface area contributed by atoms with Crippen LogP contribution in [0.25, 0.3) is 0 Å². The lowest BCUT2D eigenvalue weighted by molar-refractivity contribution is -0.138. The Balaban J connectivity index is 3.22. The summed E-state index contributed by atoms with van der Waals surface area (Å²) in [6, 6.07) is 1.06. The lowest BCUT2D eigenvalue weighted by atomic mass is 10.1. The maximum absolute atomic E-state index is 10.6. The van der Waals surface area contributed by atoms with E-state index in [0.29, 0.717) is 0 Å². The molecule has 1 rings (SSSR count). The van der Waals surface area contributed by atoms with Crippen LogP contribution < -0.4 is 10.5 Å². The summed E-state index contributed by atoms with van der Waals surface area (Å²) in [7, 11) is 1.28. The Morgan fingerprint density at radius 2 is 2.07 bits per heavy atom. The van der Waals surface area contributed by atoms with Crippen LogP contribution in [0.4, 0.5) is 0 Å². The van der Waals surface area contributed by atoms with Crippen molar-refractivity contribution in [2.24, 2.45) is 5.73 Å². The summed E-state index contributed by atoms with van der Waals surface area (Å²) in [4.78, 5) is 10.6. The van der Waals surface area contributed by atoms with Gasteiger partial charge in [0.05, 0.1) is 7.11 Å². The minimum absolute atomic E-state index is 0.0262. The Hall–Kier alpha value is -1.95. The quantitative estimate of drug-likeness (QED) is 0.533. The maximum atomic E-state index is 10.6. The molecule has 0 spiro atoms. The van der Waals surface area contributed by atoms with Crippen LogP contribution in [0.2, 0.25) is 0 Å².